The minimum atomic E-state index is -3.62. The van der Waals surface area contributed by atoms with E-state index in [0.717, 1.165) is 70.9 Å². The van der Waals surface area contributed by atoms with Crippen LogP contribution < -0.4 is 14.2 Å². The van der Waals surface area contributed by atoms with Gasteiger partial charge in [0.15, 0.2) is 17.8 Å². The molecule has 2 aliphatic heterocycles. The zero-order valence-electron chi connectivity index (χ0n) is 29.4. The highest BCUT2D eigenvalue weighted by Crippen LogP contribution is 2.40. The molecule has 10 heteroatoms. The number of sulfonamides is 1. The summed E-state index contributed by atoms with van der Waals surface area (Å²) >= 11 is 0. The smallest absolute Gasteiger partial charge is 0.240 e. The van der Waals surface area contributed by atoms with Crippen LogP contribution in [0.15, 0.2) is 120 Å². The molecule has 5 aromatic carbocycles. The standard InChI is InChI=1S/C42H44N2O7S/c1-48-40-22-35-19-20-44(26-36(35)23-41(40)49-2)27-37-24-39(32-13-11-29(28-45)12-14-32)51-42(50-37)33-17-15-31(16-18-33)34-8-6-7-30(21-34)25-43-52(46,47)38-9-4-3-5-10-38/h3-18,21-23,37,39,42-43,45H,19-20,24-28H2,1-2H3/t37-,39+,42+/m0/s1. The second kappa shape index (κ2) is 16.0. The summed E-state index contributed by atoms with van der Waals surface area (Å²) in [4.78, 5) is 2.67. The van der Waals surface area contributed by atoms with Gasteiger partial charge in [-0.1, -0.05) is 84.9 Å². The summed E-state index contributed by atoms with van der Waals surface area (Å²) in [5.41, 5.74) is 8.17. The number of ether oxygens (including phenoxy) is 4. The number of fused-ring (bicyclic) bond motifs is 1. The van der Waals surface area contributed by atoms with Gasteiger partial charge in [0.2, 0.25) is 10.0 Å². The van der Waals surface area contributed by atoms with Crippen LogP contribution in [0.5, 0.6) is 11.5 Å². The average molecular weight is 721 g/mol. The van der Waals surface area contributed by atoms with Crippen LogP contribution in [0.4, 0.5) is 0 Å². The molecule has 9 nitrogen and oxygen atoms in total. The summed E-state index contributed by atoms with van der Waals surface area (Å²) in [6, 6.07) is 36.5. The third-order valence-corrected chi connectivity index (χ3v) is 11.3. The molecule has 2 aliphatic rings. The average Bonchev–Trinajstić information content (AvgIpc) is 3.20. The summed E-state index contributed by atoms with van der Waals surface area (Å²) in [7, 11) is -0.285. The van der Waals surface area contributed by atoms with E-state index in [2.05, 4.69) is 21.8 Å². The number of rotatable bonds is 12. The largest absolute Gasteiger partial charge is 0.493 e. The molecule has 0 radical (unpaired) electrons. The number of aliphatic hydroxyl groups is 1. The lowest BCUT2D eigenvalue weighted by atomic mass is 9.96. The highest BCUT2D eigenvalue weighted by molar-refractivity contribution is 7.89. The van der Waals surface area contributed by atoms with Crippen molar-refractivity contribution in [1.82, 2.24) is 9.62 Å². The summed E-state index contributed by atoms with van der Waals surface area (Å²) in [6.07, 6.45) is 0.766. The van der Waals surface area contributed by atoms with Crippen molar-refractivity contribution in [3.8, 4) is 22.6 Å². The van der Waals surface area contributed by atoms with Gasteiger partial charge in [-0.3, -0.25) is 4.90 Å². The monoisotopic (exact) mass is 720 g/mol. The summed E-state index contributed by atoms with van der Waals surface area (Å²) in [5.74, 6) is 1.49. The van der Waals surface area contributed by atoms with Crippen LogP contribution >= 0.6 is 0 Å². The summed E-state index contributed by atoms with van der Waals surface area (Å²) in [5, 5.41) is 9.61. The van der Waals surface area contributed by atoms with E-state index in [1.54, 1.807) is 44.6 Å². The Morgan fingerprint density at radius 3 is 2.19 bits per heavy atom. The number of hydrogen-bond donors (Lipinski definition) is 2. The predicted molar refractivity (Wildman–Crippen MR) is 199 cm³/mol. The lowest BCUT2D eigenvalue weighted by Crippen LogP contribution is -2.41. The molecule has 0 aliphatic carbocycles. The predicted octanol–water partition coefficient (Wildman–Crippen LogP) is 6.95. The van der Waals surface area contributed by atoms with Crippen molar-refractivity contribution < 1.29 is 32.5 Å². The highest BCUT2D eigenvalue weighted by Gasteiger charge is 2.34. The molecule has 1 fully saturated rings. The van der Waals surface area contributed by atoms with E-state index >= 15 is 0 Å². The molecule has 2 heterocycles. The van der Waals surface area contributed by atoms with Gasteiger partial charge in [0.25, 0.3) is 0 Å². The van der Waals surface area contributed by atoms with Gasteiger partial charge >= 0.3 is 0 Å². The first-order chi connectivity index (χ1) is 25.3. The fourth-order valence-electron chi connectivity index (χ4n) is 6.97. The van der Waals surface area contributed by atoms with Crippen molar-refractivity contribution in [2.24, 2.45) is 0 Å². The van der Waals surface area contributed by atoms with Crippen molar-refractivity contribution in [1.29, 1.82) is 0 Å². The van der Waals surface area contributed by atoms with E-state index in [9.17, 15) is 13.5 Å². The maximum Gasteiger partial charge on any atom is 0.240 e. The van der Waals surface area contributed by atoms with Gasteiger partial charge in [-0.25, -0.2) is 13.1 Å². The Labute approximate surface area is 305 Å². The Morgan fingerprint density at radius 2 is 1.48 bits per heavy atom. The van der Waals surface area contributed by atoms with Gasteiger partial charge in [0.1, 0.15) is 0 Å². The van der Waals surface area contributed by atoms with Crippen molar-refractivity contribution in [3.63, 3.8) is 0 Å². The lowest BCUT2D eigenvalue weighted by Gasteiger charge is -2.39. The SMILES string of the molecule is COc1cc2c(cc1OC)CN(C[C@@H]1C[C@H](c3ccc(CO)cc3)O[C@H](c3ccc(-c4cccc(CNS(=O)(=O)c5ccccc5)c4)cc3)O1)CC2. The maximum absolute atomic E-state index is 12.8. The Hall–Kier alpha value is -4.55. The van der Waals surface area contributed by atoms with Crippen LogP contribution in [-0.4, -0.2) is 51.8 Å². The zero-order valence-corrected chi connectivity index (χ0v) is 30.2. The molecule has 7 rings (SSSR count). The first-order valence-corrected chi connectivity index (χ1v) is 19.0. The minimum absolute atomic E-state index is 0.00812. The molecule has 270 valence electrons. The molecule has 0 unspecified atom stereocenters. The second-order valence-corrected chi connectivity index (χ2v) is 15.0. The third-order valence-electron chi connectivity index (χ3n) is 9.84. The number of methoxy groups -OCH3 is 2. The van der Waals surface area contributed by atoms with Crippen LogP contribution in [0.1, 0.15) is 52.2 Å². The third kappa shape index (κ3) is 8.23. The Balaban J connectivity index is 1.07. The fraction of sp³-hybridized carbons (Fsp3) is 0.286. The van der Waals surface area contributed by atoms with Gasteiger partial charge in [-0.05, 0) is 75.7 Å². The number of nitrogens with zero attached hydrogens (tertiary/aromatic N) is 1. The minimum Gasteiger partial charge on any atom is -0.493 e. The van der Waals surface area contributed by atoms with Crippen LogP contribution in [-0.2, 0) is 45.6 Å². The molecule has 5 aromatic rings. The van der Waals surface area contributed by atoms with Gasteiger partial charge < -0.3 is 24.1 Å². The number of hydrogen-bond acceptors (Lipinski definition) is 8. The lowest BCUT2D eigenvalue weighted by molar-refractivity contribution is -0.253. The zero-order chi connectivity index (χ0) is 36.1. The molecule has 3 atom stereocenters. The van der Waals surface area contributed by atoms with Gasteiger partial charge in [-0.2, -0.15) is 0 Å². The number of benzene rings is 5. The van der Waals surface area contributed by atoms with Crippen molar-refractivity contribution in [2.75, 3.05) is 27.3 Å². The number of aliphatic hydroxyl groups excluding tert-OH is 1. The van der Waals surface area contributed by atoms with Crippen LogP contribution in [0.3, 0.4) is 0 Å². The van der Waals surface area contributed by atoms with E-state index in [4.69, 9.17) is 18.9 Å². The molecule has 0 amide bonds. The molecule has 0 aromatic heterocycles. The highest BCUT2D eigenvalue weighted by atomic mass is 32.2. The molecule has 0 saturated carbocycles. The number of nitrogens with one attached hydrogen (secondary N) is 1. The van der Waals surface area contributed by atoms with Crippen molar-refractivity contribution >= 4 is 10.0 Å². The Kier molecular flexibility index (Phi) is 11.0. The van der Waals surface area contributed by atoms with E-state index < -0.39 is 16.3 Å². The topological polar surface area (TPSA) is 107 Å². The first kappa shape index (κ1) is 35.8. The summed E-state index contributed by atoms with van der Waals surface area (Å²) < 4.78 is 52.7. The Morgan fingerprint density at radius 1 is 0.769 bits per heavy atom. The quantitative estimate of drug-likeness (QED) is 0.143. The van der Waals surface area contributed by atoms with E-state index in [1.807, 2.05) is 72.8 Å². The Bertz CT molecular complexity index is 2070. The molecular weight excluding hydrogens is 677 g/mol. The molecule has 0 spiro atoms. The van der Waals surface area contributed by atoms with Crippen LogP contribution in [0, 0.1) is 0 Å². The summed E-state index contributed by atoms with van der Waals surface area (Å²) in [6.45, 7) is 2.62. The van der Waals surface area contributed by atoms with E-state index in [0.29, 0.717) is 6.42 Å². The van der Waals surface area contributed by atoms with Crippen LogP contribution in [0.2, 0.25) is 0 Å². The molecular formula is C42H44N2O7S. The maximum atomic E-state index is 12.8. The molecule has 2 N–H and O–H groups in total. The van der Waals surface area contributed by atoms with Gasteiger partial charge in [0, 0.05) is 38.2 Å². The second-order valence-electron chi connectivity index (χ2n) is 13.3. The van der Waals surface area contributed by atoms with Crippen LogP contribution in [0.25, 0.3) is 11.1 Å². The van der Waals surface area contributed by atoms with E-state index in [1.165, 1.54) is 11.1 Å². The van der Waals surface area contributed by atoms with Crippen molar-refractivity contribution in [3.05, 3.63) is 149 Å². The van der Waals surface area contributed by atoms with Gasteiger partial charge in [0.05, 0.1) is 37.9 Å². The van der Waals surface area contributed by atoms with E-state index in [-0.39, 0.29) is 30.3 Å². The normalized spacial score (nSPS) is 19.2. The fourth-order valence-corrected chi connectivity index (χ4v) is 8.01. The molecule has 1 saturated heterocycles. The molecule has 52 heavy (non-hydrogen) atoms. The van der Waals surface area contributed by atoms with Crippen molar-refractivity contribution in [2.45, 2.75) is 55.9 Å². The van der Waals surface area contributed by atoms with Gasteiger partial charge in [-0.15, -0.1) is 0 Å². The molecule has 0 bridgehead atoms. The first-order valence-electron chi connectivity index (χ1n) is 17.5.